The van der Waals surface area contributed by atoms with Gasteiger partial charge in [0.15, 0.2) is 0 Å². The normalized spacial score (nSPS) is 11.5. The van der Waals surface area contributed by atoms with Crippen LogP contribution in [0.4, 0.5) is 11.4 Å². The van der Waals surface area contributed by atoms with Crippen molar-refractivity contribution in [3.05, 3.63) is 95.3 Å². The molecule has 1 heterocycles. The van der Waals surface area contributed by atoms with E-state index in [0.717, 1.165) is 5.56 Å². The SMILES string of the molecule is Cc1ccc(-c2nnco2)cc1NC(=O)C=Cc1ccc(S(=O)(=O)Nc2ccccc2Cl)cc1. The monoisotopic (exact) mass is 494 g/mol. The van der Waals surface area contributed by atoms with Gasteiger partial charge in [-0.2, -0.15) is 0 Å². The largest absolute Gasteiger partial charge is 0.423 e. The summed E-state index contributed by atoms with van der Waals surface area (Å²) in [5, 5.41) is 10.6. The van der Waals surface area contributed by atoms with E-state index in [9.17, 15) is 13.2 Å². The molecule has 8 nitrogen and oxygen atoms in total. The van der Waals surface area contributed by atoms with Gasteiger partial charge < -0.3 is 9.73 Å². The van der Waals surface area contributed by atoms with Crippen molar-refractivity contribution in [1.29, 1.82) is 0 Å². The van der Waals surface area contributed by atoms with Gasteiger partial charge in [-0.3, -0.25) is 9.52 Å². The maximum Gasteiger partial charge on any atom is 0.261 e. The highest BCUT2D eigenvalue weighted by molar-refractivity contribution is 7.92. The molecule has 0 saturated carbocycles. The molecular weight excluding hydrogens is 476 g/mol. The zero-order valence-corrected chi connectivity index (χ0v) is 19.5. The van der Waals surface area contributed by atoms with E-state index < -0.39 is 10.0 Å². The number of para-hydroxylation sites is 1. The first kappa shape index (κ1) is 23.2. The number of benzene rings is 3. The Morgan fingerprint density at radius 1 is 1.03 bits per heavy atom. The number of anilines is 2. The third-order valence-corrected chi connectivity index (χ3v) is 6.55. The third-order valence-electron chi connectivity index (χ3n) is 4.84. The van der Waals surface area contributed by atoms with E-state index in [1.165, 1.54) is 24.6 Å². The predicted octanol–water partition coefficient (Wildman–Crippen LogP) is 5.15. The molecule has 0 atom stereocenters. The number of aryl methyl sites for hydroxylation is 1. The number of carbonyl (C=O) groups is 1. The third kappa shape index (κ3) is 5.51. The van der Waals surface area contributed by atoms with E-state index in [0.29, 0.717) is 33.4 Å². The second-order valence-corrected chi connectivity index (χ2v) is 9.34. The van der Waals surface area contributed by atoms with Gasteiger partial charge in [-0.05, 0) is 60.5 Å². The fourth-order valence-electron chi connectivity index (χ4n) is 3.04. The molecular formula is C24H19ClN4O4S. The van der Waals surface area contributed by atoms with Crippen molar-refractivity contribution in [3.8, 4) is 11.5 Å². The van der Waals surface area contributed by atoms with Crippen molar-refractivity contribution in [2.24, 2.45) is 0 Å². The first-order valence-corrected chi connectivity index (χ1v) is 11.9. The highest BCUT2D eigenvalue weighted by Crippen LogP contribution is 2.25. The van der Waals surface area contributed by atoms with Gasteiger partial charge in [0.2, 0.25) is 18.2 Å². The highest BCUT2D eigenvalue weighted by atomic mass is 35.5. The van der Waals surface area contributed by atoms with Crippen LogP contribution >= 0.6 is 11.6 Å². The first-order valence-electron chi connectivity index (χ1n) is 10.1. The second kappa shape index (κ2) is 9.90. The maximum atomic E-state index is 12.6. The van der Waals surface area contributed by atoms with E-state index in [-0.39, 0.29) is 10.8 Å². The maximum absolute atomic E-state index is 12.6. The summed E-state index contributed by atoms with van der Waals surface area (Å²) in [6.07, 6.45) is 4.19. The molecule has 172 valence electrons. The van der Waals surface area contributed by atoms with Gasteiger partial charge in [0.1, 0.15) is 0 Å². The summed E-state index contributed by atoms with van der Waals surface area (Å²) in [6, 6.07) is 18.1. The fourth-order valence-corrected chi connectivity index (χ4v) is 4.36. The number of hydrogen-bond acceptors (Lipinski definition) is 6. The zero-order chi connectivity index (χ0) is 24.1. The van der Waals surface area contributed by atoms with Crippen molar-refractivity contribution in [3.63, 3.8) is 0 Å². The minimum Gasteiger partial charge on any atom is -0.423 e. The summed E-state index contributed by atoms with van der Waals surface area (Å²) < 4.78 is 32.9. The van der Waals surface area contributed by atoms with Crippen LogP contribution in [0.5, 0.6) is 0 Å². The van der Waals surface area contributed by atoms with E-state index in [1.807, 2.05) is 19.1 Å². The highest BCUT2D eigenvalue weighted by Gasteiger charge is 2.15. The van der Waals surface area contributed by atoms with Crippen LogP contribution < -0.4 is 10.0 Å². The predicted molar refractivity (Wildman–Crippen MR) is 131 cm³/mol. The van der Waals surface area contributed by atoms with Crippen molar-refractivity contribution in [2.45, 2.75) is 11.8 Å². The van der Waals surface area contributed by atoms with Crippen LogP contribution in [-0.2, 0) is 14.8 Å². The minimum absolute atomic E-state index is 0.0717. The lowest BCUT2D eigenvalue weighted by atomic mass is 10.1. The quantitative estimate of drug-likeness (QED) is 0.343. The average Bonchev–Trinajstić information content (AvgIpc) is 3.36. The minimum atomic E-state index is -3.81. The molecule has 10 heteroatoms. The Hall–Kier alpha value is -3.95. The molecule has 1 aromatic heterocycles. The van der Waals surface area contributed by atoms with Crippen LogP contribution in [0.25, 0.3) is 17.5 Å². The number of aromatic nitrogens is 2. The lowest BCUT2D eigenvalue weighted by Crippen LogP contribution is -2.13. The Balaban J connectivity index is 1.43. The molecule has 0 spiro atoms. The van der Waals surface area contributed by atoms with Crippen molar-refractivity contribution in [2.75, 3.05) is 10.0 Å². The Morgan fingerprint density at radius 3 is 2.50 bits per heavy atom. The molecule has 0 fully saturated rings. The number of halogens is 1. The first-order chi connectivity index (χ1) is 16.3. The summed E-state index contributed by atoms with van der Waals surface area (Å²) in [5.74, 6) is 0.00738. The lowest BCUT2D eigenvalue weighted by Gasteiger charge is -2.09. The summed E-state index contributed by atoms with van der Waals surface area (Å²) in [5.41, 5.74) is 3.11. The van der Waals surface area contributed by atoms with Crippen LogP contribution in [0.3, 0.4) is 0 Å². The summed E-state index contributed by atoms with van der Waals surface area (Å²) >= 11 is 6.03. The second-order valence-electron chi connectivity index (χ2n) is 7.25. The van der Waals surface area contributed by atoms with Crippen LogP contribution in [0.15, 0.2) is 88.5 Å². The Bertz CT molecular complexity index is 1450. The molecule has 0 aliphatic rings. The van der Waals surface area contributed by atoms with Gasteiger partial charge in [-0.25, -0.2) is 8.42 Å². The van der Waals surface area contributed by atoms with Crippen LogP contribution in [0.1, 0.15) is 11.1 Å². The van der Waals surface area contributed by atoms with Crippen LogP contribution in [-0.4, -0.2) is 24.5 Å². The smallest absolute Gasteiger partial charge is 0.261 e. The molecule has 3 aromatic carbocycles. The van der Waals surface area contributed by atoms with E-state index >= 15 is 0 Å². The molecule has 4 aromatic rings. The topological polar surface area (TPSA) is 114 Å². The molecule has 2 N–H and O–H groups in total. The summed E-state index contributed by atoms with van der Waals surface area (Å²) in [4.78, 5) is 12.5. The molecule has 34 heavy (non-hydrogen) atoms. The zero-order valence-electron chi connectivity index (χ0n) is 17.9. The van der Waals surface area contributed by atoms with Gasteiger partial charge in [-0.1, -0.05) is 41.9 Å². The van der Waals surface area contributed by atoms with E-state index in [1.54, 1.807) is 48.5 Å². The Labute approximate surface area is 201 Å². The van der Waals surface area contributed by atoms with E-state index in [4.69, 9.17) is 16.0 Å². The molecule has 0 aliphatic heterocycles. The summed E-state index contributed by atoms with van der Waals surface area (Å²) in [6.45, 7) is 1.87. The molecule has 0 bridgehead atoms. The van der Waals surface area contributed by atoms with Crippen LogP contribution in [0.2, 0.25) is 5.02 Å². The van der Waals surface area contributed by atoms with Gasteiger partial charge in [-0.15, -0.1) is 10.2 Å². The molecule has 0 aliphatic carbocycles. The Morgan fingerprint density at radius 2 is 1.79 bits per heavy atom. The number of nitrogens with one attached hydrogen (secondary N) is 2. The molecule has 4 rings (SSSR count). The lowest BCUT2D eigenvalue weighted by molar-refractivity contribution is -0.111. The van der Waals surface area contributed by atoms with Gasteiger partial charge in [0, 0.05) is 17.3 Å². The number of amides is 1. The Kier molecular flexibility index (Phi) is 6.76. The number of sulfonamides is 1. The molecule has 0 saturated heterocycles. The van der Waals surface area contributed by atoms with Gasteiger partial charge in [0.05, 0.1) is 15.6 Å². The van der Waals surface area contributed by atoms with Gasteiger partial charge >= 0.3 is 0 Å². The number of hydrogen-bond donors (Lipinski definition) is 2. The van der Waals surface area contributed by atoms with Crippen LogP contribution in [0, 0.1) is 6.92 Å². The van der Waals surface area contributed by atoms with E-state index in [2.05, 4.69) is 20.2 Å². The van der Waals surface area contributed by atoms with Crippen molar-refractivity contribution >= 4 is 45.0 Å². The van der Waals surface area contributed by atoms with Crippen molar-refractivity contribution in [1.82, 2.24) is 10.2 Å². The number of nitrogens with zero attached hydrogens (tertiary/aromatic N) is 2. The average molecular weight is 495 g/mol. The molecule has 0 unspecified atom stereocenters. The standard InChI is InChI=1S/C24H19ClN4O4S/c1-16-6-10-18(24-28-26-15-33-24)14-22(16)27-23(30)13-9-17-7-11-19(12-8-17)34(31,32)29-21-5-3-2-4-20(21)25/h2-15,29H,1H3,(H,27,30). The van der Waals surface area contributed by atoms with Gasteiger partial charge in [0.25, 0.3) is 10.0 Å². The van der Waals surface area contributed by atoms with Crippen molar-refractivity contribution < 1.29 is 17.6 Å². The molecule has 1 amide bonds. The molecule has 0 radical (unpaired) electrons. The summed E-state index contributed by atoms with van der Waals surface area (Å²) in [7, 11) is -3.81. The number of rotatable bonds is 7. The number of carbonyl (C=O) groups excluding carboxylic acids is 1. The fraction of sp³-hybridized carbons (Fsp3) is 0.0417.